The molecule has 0 amide bonds. The van der Waals surface area contributed by atoms with Crippen molar-refractivity contribution in [2.24, 2.45) is 0 Å². The van der Waals surface area contributed by atoms with Crippen molar-refractivity contribution in [2.75, 3.05) is 7.11 Å². The molecule has 3 aromatic rings. The van der Waals surface area contributed by atoms with Crippen molar-refractivity contribution >= 4 is 0 Å². The first-order valence-electron chi connectivity index (χ1n) is 8.13. The van der Waals surface area contributed by atoms with E-state index in [1.54, 1.807) is 7.11 Å². The minimum atomic E-state index is 0.490. The Morgan fingerprint density at radius 1 is 0.720 bits per heavy atom. The van der Waals surface area contributed by atoms with Gasteiger partial charge in [0, 0.05) is 6.54 Å². The molecular weight excluding hydrogens is 314 g/mol. The third-order valence-electron chi connectivity index (χ3n) is 3.65. The second-order valence-corrected chi connectivity index (χ2v) is 5.52. The molecule has 25 heavy (non-hydrogen) atoms. The number of nitrogens with one attached hydrogen (secondary N) is 1. The first-order valence-corrected chi connectivity index (χ1v) is 8.13. The summed E-state index contributed by atoms with van der Waals surface area (Å²) in [4.78, 5) is 5.52. The molecule has 0 unspecified atom stereocenters. The molecule has 0 radical (unpaired) electrons. The monoisotopic (exact) mass is 335 g/mol. The van der Waals surface area contributed by atoms with Crippen molar-refractivity contribution < 1.29 is 14.3 Å². The van der Waals surface area contributed by atoms with E-state index >= 15 is 0 Å². The van der Waals surface area contributed by atoms with Gasteiger partial charge in [0.2, 0.25) is 0 Å². The van der Waals surface area contributed by atoms with Crippen LogP contribution in [-0.4, -0.2) is 7.11 Å². The number of rotatable bonds is 8. The molecule has 0 aliphatic heterocycles. The summed E-state index contributed by atoms with van der Waals surface area (Å²) in [6, 6.07) is 25.5. The average Bonchev–Trinajstić information content (AvgIpc) is 2.67. The summed E-state index contributed by atoms with van der Waals surface area (Å²) < 4.78 is 11.0. The van der Waals surface area contributed by atoms with Gasteiger partial charge in [-0.3, -0.25) is 4.84 Å². The van der Waals surface area contributed by atoms with E-state index in [0.717, 1.165) is 28.4 Å². The van der Waals surface area contributed by atoms with Crippen molar-refractivity contribution in [3.63, 3.8) is 0 Å². The average molecular weight is 335 g/mol. The van der Waals surface area contributed by atoms with Crippen LogP contribution >= 0.6 is 0 Å². The standard InChI is InChI=1S/C21H21NO3/c1-23-19-12-10-17(11-13-19)16-24-22-15-18-6-5-9-21(14-18)25-20-7-3-2-4-8-20/h2-14,22H,15-16H2,1H3. The Morgan fingerprint density at radius 2 is 1.48 bits per heavy atom. The zero-order valence-corrected chi connectivity index (χ0v) is 14.1. The highest BCUT2D eigenvalue weighted by molar-refractivity contribution is 5.33. The Kier molecular flexibility index (Phi) is 6.04. The van der Waals surface area contributed by atoms with E-state index in [2.05, 4.69) is 5.48 Å². The van der Waals surface area contributed by atoms with Crippen molar-refractivity contribution in [3.8, 4) is 17.2 Å². The van der Waals surface area contributed by atoms with Crippen LogP contribution in [0.1, 0.15) is 11.1 Å². The minimum Gasteiger partial charge on any atom is -0.497 e. The molecule has 0 bridgehead atoms. The Hall–Kier alpha value is -2.82. The molecule has 3 rings (SSSR count). The molecule has 0 saturated carbocycles. The highest BCUT2D eigenvalue weighted by Gasteiger charge is 2.00. The van der Waals surface area contributed by atoms with Crippen molar-refractivity contribution in [3.05, 3.63) is 90.0 Å². The number of hydroxylamine groups is 1. The van der Waals surface area contributed by atoms with Gasteiger partial charge in [-0.15, -0.1) is 0 Å². The fourth-order valence-electron chi connectivity index (χ4n) is 2.33. The number of hydrogen-bond donors (Lipinski definition) is 1. The third-order valence-corrected chi connectivity index (χ3v) is 3.65. The van der Waals surface area contributed by atoms with Crippen LogP contribution < -0.4 is 15.0 Å². The van der Waals surface area contributed by atoms with E-state index in [1.165, 1.54) is 0 Å². The zero-order chi connectivity index (χ0) is 17.3. The Morgan fingerprint density at radius 3 is 2.24 bits per heavy atom. The number of para-hydroxylation sites is 1. The van der Waals surface area contributed by atoms with Gasteiger partial charge in [0.25, 0.3) is 0 Å². The first-order chi connectivity index (χ1) is 12.3. The molecule has 0 heterocycles. The topological polar surface area (TPSA) is 39.7 Å². The van der Waals surface area contributed by atoms with Crippen LogP contribution in [0.25, 0.3) is 0 Å². The first kappa shape index (κ1) is 17.0. The van der Waals surface area contributed by atoms with Gasteiger partial charge in [-0.05, 0) is 47.5 Å². The predicted octanol–water partition coefficient (Wildman–Crippen LogP) is 4.71. The molecule has 0 spiro atoms. The van der Waals surface area contributed by atoms with Crippen LogP contribution in [-0.2, 0) is 18.0 Å². The highest BCUT2D eigenvalue weighted by atomic mass is 16.6. The lowest BCUT2D eigenvalue weighted by Crippen LogP contribution is -2.13. The summed E-state index contributed by atoms with van der Waals surface area (Å²) in [5, 5.41) is 0. The van der Waals surface area contributed by atoms with Gasteiger partial charge in [0.05, 0.1) is 13.7 Å². The Bertz CT molecular complexity index is 773. The van der Waals surface area contributed by atoms with Gasteiger partial charge in [0.1, 0.15) is 17.2 Å². The zero-order valence-electron chi connectivity index (χ0n) is 14.1. The number of ether oxygens (including phenoxy) is 2. The van der Waals surface area contributed by atoms with E-state index in [4.69, 9.17) is 14.3 Å². The lowest BCUT2D eigenvalue weighted by atomic mass is 10.2. The van der Waals surface area contributed by atoms with Crippen LogP contribution in [0.15, 0.2) is 78.9 Å². The van der Waals surface area contributed by atoms with Crippen LogP contribution in [0.2, 0.25) is 0 Å². The number of methoxy groups -OCH3 is 1. The smallest absolute Gasteiger partial charge is 0.127 e. The van der Waals surface area contributed by atoms with Crippen LogP contribution in [0.3, 0.4) is 0 Å². The summed E-state index contributed by atoms with van der Waals surface area (Å²) in [5.41, 5.74) is 5.15. The van der Waals surface area contributed by atoms with Crippen LogP contribution in [0.5, 0.6) is 17.2 Å². The maximum absolute atomic E-state index is 5.84. The maximum atomic E-state index is 5.84. The molecule has 3 aromatic carbocycles. The summed E-state index contributed by atoms with van der Waals surface area (Å²) in [7, 11) is 1.66. The van der Waals surface area contributed by atoms with Crippen molar-refractivity contribution in [2.45, 2.75) is 13.2 Å². The molecule has 0 atom stereocenters. The lowest BCUT2D eigenvalue weighted by molar-refractivity contribution is 0.0235. The maximum Gasteiger partial charge on any atom is 0.127 e. The van der Waals surface area contributed by atoms with E-state index in [-0.39, 0.29) is 0 Å². The Balaban J connectivity index is 1.47. The van der Waals surface area contributed by atoms with Gasteiger partial charge >= 0.3 is 0 Å². The lowest BCUT2D eigenvalue weighted by Gasteiger charge is -2.09. The molecule has 0 aliphatic carbocycles. The molecule has 4 heteroatoms. The van der Waals surface area contributed by atoms with Gasteiger partial charge in [0.15, 0.2) is 0 Å². The molecule has 1 N–H and O–H groups in total. The van der Waals surface area contributed by atoms with Crippen molar-refractivity contribution in [1.82, 2.24) is 5.48 Å². The van der Waals surface area contributed by atoms with E-state index in [1.807, 2.05) is 78.9 Å². The fraction of sp³-hybridized carbons (Fsp3) is 0.143. The normalized spacial score (nSPS) is 10.4. The second kappa shape index (κ2) is 8.87. The third kappa shape index (κ3) is 5.35. The van der Waals surface area contributed by atoms with Gasteiger partial charge in [-0.2, -0.15) is 5.48 Å². The van der Waals surface area contributed by atoms with Gasteiger partial charge in [-0.1, -0.05) is 42.5 Å². The second-order valence-electron chi connectivity index (χ2n) is 5.52. The van der Waals surface area contributed by atoms with E-state index < -0.39 is 0 Å². The summed E-state index contributed by atoms with van der Waals surface area (Å²) in [6.07, 6.45) is 0. The van der Waals surface area contributed by atoms with Crippen LogP contribution in [0, 0.1) is 0 Å². The molecule has 0 saturated heterocycles. The molecular formula is C21H21NO3. The number of benzene rings is 3. The van der Waals surface area contributed by atoms with Gasteiger partial charge < -0.3 is 9.47 Å². The highest BCUT2D eigenvalue weighted by Crippen LogP contribution is 2.21. The molecule has 128 valence electrons. The van der Waals surface area contributed by atoms with Crippen LogP contribution in [0.4, 0.5) is 0 Å². The number of hydrogen-bond acceptors (Lipinski definition) is 4. The molecule has 0 aliphatic rings. The summed E-state index contributed by atoms with van der Waals surface area (Å²) >= 11 is 0. The fourth-order valence-corrected chi connectivity index (χ4v) is 2.33. The quantitative estimate of drug-likeness (QED) is 0.478. The minimum absolute atomic E-state index is 0.490. The molecule has 4 nitrogen and oxygen atoms in total. The Labute approximate surface area is 147 Å². The SMILES string of the molecule is COc1ccc(CONCc2cccc(Oc3ccccc3)c2)cc1. The van der Waals surface area contributed by atoms with Crippen molar-refractivity contribution in [1.29, 1.82) is 0 Å². The summed E-state index contributed by atoms with van der Waals surface area (Å²) in [5.74, 6) is 2.47. The van der Waals surface area contributed by atoms with Gasteiger partial charge in [-0.25, -0.2) is 0 Å². The van der Waals surface area contributed by atoms with E-state index in [0.29, 0.717) is 13.2 Å². The largest absolute Gasteiger partial charge is 0.497 e. The summed E-state index contributed by atoms with van der Waals surface area (Å²) in [6.45, 7) is 1.09. The predicted molar refractivity (Wildman–Crippen MR) is 97.6 cm³/mol. The molecule has 0 aromatic heterocycles. The molecule has 0 fully saturated rings. The van der Waals surface area contributed by atoms with E-state index in [9.17, 15) is 0 Å².